The molecule has 0 spiro atoms. The number of carbonyl (C=O) groups excluding carboxylic acids is 1. The van der Waals surface area contributed by atoms with Crippen LogP contribution in [-0.4, -0.2) is 60.4 Å². The smallest absolute Gasteiger partial charge is 0.272 e. The molecule has 39 heavy (non-hydrogen) atoms. The minimum atomic E-state index is -3.14. The normalized spacial score (nSPS) is 16.5. The van der Waals surface area contributed by atoms with Gasteiger partial charge < -0.3 is 15.0 Å². The van der Waals surface area contributed by atoms with E-state index in [-0.39, 0.29) is 36.1 Å². The second kappa shape index (κ2) is 10.5. The lowest BCUT2D eigenvalue weighted by atomic mass is 9.85. The van der Waals surface area contributed by atoms with Crippen molar-refractivity contribution in [2.24, 2.45) is 0 Å². The molecule has 3 heterocycles. The van der Waals surface area contributed by atoms with Crippen LogP contribution in [0.15, 0.2) is 67.1 Å². The Kier molecular flexibility index (Phi) is 6.92. The first-order valence-electron chi connectivity index (χ1n) is 11.6. The van der Waals surface area contributed by atoms with Crippen molar-refractivity contribution < 1.29 is 27.1 Å². The molecular weight excluding hydrogens is 520 g/mol. The zero-order valence-corrected chi connectivity index (χ0v) is 20.1. The van der Waals surface area contributed by atoms with Gasteiger partial charge in [-0.1, -0.05) is 30.8 Å². The van der Waals surface area contributed by atoms with Crippen LogP contribution in [0.1, 0.15) is 17.9 Å². The van der Waals surface area contributed by atoms with Crippen molar-refractivity contribution >= 4 is 11.7 Å². The number of piperidine rings is 1. The number of hydrogen-bond acceptors (Lipinski definition) is 8. The molecule has 1 atom stereocenters. The largest absolute Gasteiger partial charge is 0.434 e. The van der Waals surface area contributed by atoms with Gasteiger partial charge in [0.1, 0.15) is 5.82 Å². The molecule has 0 unspecified atom stereocenters. The second-order valence-electron chi connectivity index (χ2n) is 8.70. The molecule has 4 aromatic rings. The maximum Gasteiger partial charge on any atom is 0.272 e. The van der Waals surface area contributed by atoms with Gasteiger partial charge in [-0.3, -0.25) is 4.79 Å². The van der Waals surface area contributed by atoms with E-state index in [1.807, 2.05) is 0 Å². The van der Waals surface area contributed by atoms with Crippen molar-refractivity contribution in [3.8, 4) is 23.0 Å². The van der Waals surface area contributed by atoms with E-state index in [1.54, 1.807) is 24.3 Å². The molecule has 5 rings (SSSR count). The van der Waals surface area contributed by atoms with E-state index in [0.29, 0.717) is 23.0 Å². The molecule has 0 aliphatic carbocycles. The Morgan fingerprint density at radius 2 is 1.92 bits per heavy atom. The van der Waals surface area contributed by atoms with Gasteiger partial charge in [0.05, 0.1) is 30.6 Å². The lowest BCUT2D eigenvalue weighted by molar-refractivity contribution is -0.116. The number of H-pyrrole nitrogens is 1. The molecule has 14 heteroatoms. The fourth-order valence-corrected chi connectivity index (χ4v) is 4.17. The number of amides is 1. The maximum atomic E-state index is 15.2. The van der Waals surface area contributed by atoms with Gasteiger partial charge in [-0.15, -0.1) is 10.2 Å². The van der Waals surface area contributed by atoms with E-state index >= 15 is 8.78 Å². The molecule has 2 aromatic carbocycles. The predicted octanol–water partition coefficient (Wildman–Crippen LogP) is 4.30. The first kappa shape index (κ1) is 25.8. The highest BCUT2D eigenvalue weighted by atomic mass is 19.3. The molecule has 1 saturated heterocycles. The van der Waals surface area contributed by atoms with Crippen molar-refractivity contribution in [2.75, 3.05) is 18.4 Å². The van der Waals surface area contributed by atoms with Gasteiger partial charge in [0.25, 0.3) is 11.8 Å². The number of hydrogen-bond donors (Lipinski definition) is 2. The molecule has 10 nitrogen and oxygen atoms in total. The highest BCUT2D eigenvalue weighted by molar-refractivity contribution is 6.02. The van der Waals surface area contributed by atoms with E-state index in [0.717, 1.165) is 24.5 Å². The van der Waals surface area contributed by atoms with Crippen LogP contribution in [-0.2, 0) is 4.79 Å². The summed E-state index contributed by atoms with van der Waals surface area (Å²) in [6.45, 7) is 3.17. The zero-order chi connectivity index (χ0) is 27.6. The van der Waals surface area contributed by atoms with E-state index in [1.165, 1.54) is 4.90 Å². The molecular formula is C25H20F4N8O2. The molecule has 1 amide bonds. The summed E-state index contributed by atoms with van der Waals surface area (Å²) in [7, 11) is 0. The Morgan fingerprint density at radius 1 is 1.13 bits per heavy atom. The number of alkyl halides is 2. The Labute approximate surface area is 218 Å². The SMILES string of the molecule is C=C(C(=O)Nc1cnc(Oc2ccc(F)cc2F)cn1)N1CC[C@@H](c2ccc(-c3nn[nH]n3)cc2)C(F)(F)C1. The fourth-order valence-electron chi connectivity index (χ4n) is 4.17. The van der Waals surface area contributed by atoms with Crippen LogP contribution >= 0.6 is 0 Å². The highest BCUT2D eigenvalue weighted by Crippen LogP contribution is 2.41. The molecule has 0 bridgehead atoms. The minimum Gasteiger partial charge on any atom is -0.434 e. The van der Waals surface area contributed by atoms with E-state index in [2.05, 4.69) is 42.5 Å². The molecule has 2 N–H and O–H groups in total. The van der Waals surface area contributed by atoms with Gasteiger partial charge in [-0.2, -0.15) is 5.21 Å². The van der Waals surface area contributed by atoms with E-state index in [4.69, 9.17) is 4.74 Å². The summed E-state index contributed by atoms with van der Waals surface area (Å²) in [5.74, 6) is -6.62. The Morgan fingerprint density at radius 3 is 2.56 bits per heavy atom. The number of ether oxygens (including phenoxy) is 1. The molecule has 0 saturated carbocycles. The van der Waals surface area contributed by atoms with Gasteiger partial charge in [0.2, 0.25) is 11.7 Å². The van der Waals surface area contributed by atoms with Crippen LogP contribution in [0.2, 0.25) is 0 Å². The molecule has 1 fully saturated rings. The standard InChI is InChI=1S/C25H20F4N8O2/c1-14(24(38)32-21-11-31-22(12-30-21)39-20-7-6-17(26)10-19(20)27)37-9-8-18(25(28,29)13-37)15-2-4-16(5-3-15)23-33-35-36-34-23/h2-7,10-12,18H,1,8-9,13H2,(H,30,32,38)(H,33,34,35,36)/t18-/m0/s1. The topological polar surface area (TPSA) is 122 Å². The summed E-state index contributed by atoms with van der Waals surface area (Å²) >= 11 is 0. The van der Waals surface area contributed by atoms with Crippen molar-refractivity contribution in [3.63, 3.8) is 0 Å². The summed E-state index contributed by atoms with van der Waals surface area (Å²) < 4.78 is 62.3. The number of aromatic nitrogens is 6. The number of benzene rings is 2. The van der Waals surface area contributed by atoms with Crippen LogP contribution in [0.4, 0.5) is 23.4 Å². The molecule has 1 aliphatic heterocycles. The number of tetrazole rings is 1. The van der Waals surface area contributed by atoms with E-state index in [9.17, 15) is 13.6 Å². The number of halogens is 4. The fraction of sp³-hybridized carbons (Fsp3) is 0.200. The van der Waals surface area contributed by atoms with Crippen molar-refractivity contribution in [2.45, 2.75) is 18.3 Å². The summed E-state index contributed by atoms with van der Waals surface area (Å²) in [5, 5.41) is 16.0. The molecule has 1 aliphatic rings. The second-order valence-corrected chi connectivity index (χ2v) is 8.70. The van der Waals surface area contributed by atoms with Crippen LogP contribution in [0.5, 0.6) is 11.6 Å². The van der Waals surface area contributed by atoms with Gasteiger partial charge in [-0.05, 0) is 29.3 Å². The Bertz CT molecular complexity index is 1480. The zero-order valence-electron chi connectivity index (χ0n) is 20.1. The highest BCUT2D eigenvalue weighted by Gasteiger charge is 2.46. The van der Waals surface area contributed by atoms with Crippen molar-refractivity contribution in [1.29, 1.82) is 0 Å². The molecule has 2 aromatic heterocycles. The Balaban J connectivity index is 1.18. The number of anilines is 1. The average molecular weight is 540 g/mol. The number of aromatic amines is 1. The molecule has 200 valence electrons. The number of carbonyl (C=O) groups is 1. The summed E-state index contributed by atoms with van der Waals surface area (Å²) in [5.41, 5.74) is 0.944. The number of nitrogens with zero attached hydrogens (tertiary/aromatic N) is 6. The third kappa shape index (κ3) is 5.68. The third-order valence-electron chi connectivity index (χ3n) is 6.14. The van der Waals surface area contributed by atoms with Gasteiger partial charge in [-0.25, -0.2) is 27.5 Å². The molecule has 0 radical (unpaired) electrons. The third-order valence-corrected chi connectivity index (χ3v) is 6.14. The quantitative estimate of drug-likeness (QED) is 0.263. The van der Waals surface area contributed by atoms with Crippen LogP contribution in [0, 0.1) is 11.6 Å². The van der Waals surface area contributed by atoms with Crippen molar-refractivity contribution in [1.82, 2.24) is 35.5 Å². The lowest BCUT2D eigenvalue weighted by Gasteiger charge is -2.40. The van der Waals surface area contributed by atoms with Gasteiger partial charge >= 0.3 is 0 Å². The van der Waals surface area contributed by atoms with E-state index < -0.39 is 35.9 Å². The first-order valence-corrected chi connectivity index (χ1v) is 11.6. The number of nitrogens with one attached hydrogen (secondary N) is 2. The van der Waals surface area contributed by atoms with Gasteiger partial charge in [0.15, 0.2) is 17.4 Å². The van der Waals surface area contributed by atoms with Gasteiger partial charge in [0, 0.05) is 18.2 Å². The maximum absolute atomic E-state index is 15.2. The van der Waals surface area contributed by atoms with Crippen LogP contribution < -0.4 is 10.1 Å². The predicted molar refractivity (Wildman–Crippen MR) is 130 cm³/mol. The average Bonchev–Trinajstić information content (AvgIpc) is 3.46. The van der Waals surface area contributed by atoms with Crippen LogP contribution in [0.3, 0.4) is 0 Å². The summed E-state index contributed by atoms with van der Waals surface area (Å²) in [4.78, 5) is 21.8. The van der Waals surface area contributed by atoms with Crippen molar-refractivity contribution in [3.05, 3.63) is 84.3 Å². The van der Waals surface area contributed by atoms with Crippen LogP contribution in [0.25, 0.3) is 11.4 Å². The summed E-state index contributed by atoms with van der Waals surface area (Å²) in [6, 6.07) is 9.30. The first-order chi connectivity index (χ1) is 18.7. The summed E-state index contributed by atoms with van der Waals surface area (Å²) in [6.07, 6.45) is 2.35. The number of rotatable bonds is 7. The number of likely N-dealkylation sites (tertiary alicyclic amines) is 1. The monoisotopic (exact) mass is 540 g/mol. The Hall–Kier alpha value is -4.88. The lowest BCUT2D eigenvalue weighted by Crippen LogP contribution is -2.48. The minimum absolute atomic E-state index is 0.00332.